The van der Waals surface area contributed by atoms with Gasteiger partial charge in [-0.1, -0.05) is 46.9 Å². The van der Waals surface area contributed by atoms with Crippen molar-refractivity contribution in [2.24, 2.45) is 0 Å². The Balaban J connectivity index is 1.65. The second kappa shape index (κ2) is 7.72. The standard InChI is InChI=1S/C17H12Cl3N3O2S/c1-8-2-4-10-13(6-8)26-15(14(10)20)16(24)22-23-17(25)21-9-3-5-11(18)12(19)7-9/h2-7H,1H3,(H,22,24)(H2,21,23,25). The third-order valence-corrected chi connectivity index (χ3v) is 5.85. The van der Waals surface area contributed by atoms with Crippen LogP contribution in [0.1, 0.15) is 15.2 Å². The quantitative estimate of drug-likeness (QED) is 0.462. The lowest BCUT2D eigenvalue weighted by Crippen LogP contribution is -2.43. The van der Waals surface area contributed by atoms with Crippen LogP contribution in [0.4, 0.5) is 10.5 Å². The molecule has 0 saturated heterocycles. The first-order valence-electron chi connectivity index (χ1n) is 7.36. The maximum absolute atomic E-state index is 12.3. The average molecular weight is 429 g/mol. The zero-order valence-electron chi connectivity index (χ0n) is 13.3. The highest BCUT2D eigenvalue weighted by molar-refractivity contribution is 7.21. The van der Waals surface area contributed by atoms with Crippen molar-refractivity contribution in [2.75, 3.05) is 5.32 Å². The number of aryl methyl sites for hydroxylation is 1. The minimum Gasteiger partial charge on any atom is -0.307 e. The first-order chi connectivity index (χ1) is 12.3. The number of nitrogens with one attached hydrogen (secondary N) is 3. The number of amides is 3. The second-order valence-electron chi connectivity index (χ2n) is 5.41. The van der Waals surface area contributed by atoms with E-state index in [4.69, 9.17) is 34.8 Å². The molecule has 134 valence electrons. The molecule has 3 rings (SSSR count). The van der Waals surface area contributed by atoms with Crippen LogP contribution < -0.4 is 16.2 Å². The van der Waals surface area contributed by atoms with E-state index < -0.39 is 11.9 Å². The fourth-order valence-corrected chi connectivity index (χ4v) is 4.03. The number of carbonyl (C=O) groups is 2. The van der Waals surface area contributed by atoms with Gasteiger partial charge in [0.25, 0.3) is 5.91 Å². The number of urea groups is 1. The van der Waals surface area contributed by atoms with Gasteiger partial charge < -0.3 is 5.32 Å². The topological polar surface area (TPSA) is 70.2 Å². The van der Waals surface area contributed by atoms with Crippen molar-refractivity contribution in [3.8, 4) is 0 Å². The molecular weight excluding hydrogens is 417 g/mol. The van der Waals surface area contributed by atoms with Gasteiger partial charge in [-0.25, -0.2) is 10.2 Å². The number of fused-ring (bicyclic) bond motifs is 1. The largest absolute Gasteiger partial charge is 0.337 e. The normalized spacial score (nSPS) is 10.6. The molecule has 2 aromatic carbocycles. The molecular formula is C17H12Cl3N3O2S. The molecule has 0 unspecified atom stereocenters. The molecule has 26 heavy (non-hydrogen) atoms. The van der Waals surface area contributed by atoms with Crippen LogP contribution >= 0.6 is 46.1 Å². The molecule has 0 aliphatic rings. The van der Waals surface area contributed by atoms with E-state index in [0.717, 1.165) is 15.6 Å². The van der Waals surface area contributed by atoms with Gasteiger partial charge in [-0.2, -0.15) is 0 Å². The van der Waals surface area contributed by atoms with Gasteiger partial charge in [-0.15, -0.1) is 11.3 Å². The summed E-state index contributed by atoms with van der Waals surface area (Å²) in [7, 11) is 0. The molecule has 1 heterocycles. The molecule has 0 bridgehead atoms. The van der Waals surface area contributed by atoms with E-state index in [9.17, 15) is 9.59 Å². The minimum atomic E-state index is -0.634. The molecule has 0 aliphatic heterocycles. The number of halogens is 3. The molecule has 0 spiro atoms. The summed E-state index contributed by atoms with van der Waals surface area (Å²) in [4.78, 5) is 24.5. The molecule has 0 radical (unpaired) electrons. The molecule has 0 fully saturated rings. The Hall–Kier alpha value is -1.99. The Labute approximate surface area is 168 Å². The maximum Gasteiger partial charge on any atom is 0.337 e. The first-order valence-corrected chi connectivity index (χ1v) is 9.31. The highest BCUT2D eigenvalue weighted by atomic mass is 35.5. The first kappa shape index (κ1) is 18.8. The van der Waals surface area contributed by atoms with Gasteiger partial charge >= 0.3 is 6.03 Å². The van der Waals surface area contributed by atoms with Gasteiger partial charge in [0.05, 0.1) is 15.1 Å². The van der Waals surface area contributed by atoms with Crippen molar-refractivity contribution in [2.45, 2.75) is 6.92 Å². The highest BCUT2D eigenvalue weighted by Crippen LogP contribution is 2.35. The predicted molar refractivity (Wildman–Crippen MR) is 108 cm³/mol. The Bertz CT molecular complexity index is 1020. The number of anilines is 1. The Morgan fingerprint density at radius 3 is 2.46 bits per heavy atom. The molecule has 3 aromatic rings. The van der Waals surface area contributed by atoms with Gasteiger partial charge in [-0.05, 0) is 36.8 Å². The molecule has 9 heteroatoms. The number of rotatable bonds is 2. The van der Waals surface area contributed by atoms with Gasteiger partial charge in [0.15, 0.2) is 0 Å². The zero-order valence-corrected chi connectivity index (χ0v) is 16.4. The average Bonchev–Trinajstić information content (AvgIpc) is 2.92. The number of thiophene rings is 1. The minimum absolute atomic E-state index is 0.306. The fraction of sp³-hybridized carbons (Fsp3) is 0.0588. The third kappa shape index (κ3) is 4.04. The van der Waals surface area contributed by atoms with Crippen molar-refractivity contribution in [3.63, 3.8) is 0 Å². The monoisotopic (exact) mass is 427 g/mol. The zero-order chi connectivity index (χ0) is 18.8. The summed E-state index contributed by atoms with van der Waals surface area (Å²) < 4.78 is 0.903. The lowest BCUT2D eigenvalue weighted by Gasteiger charge is -2.09. The highest BCUT2D eigenvalue weighted by Gasteiger charge is 2.17. The van der Waals surface area contributed by atoms with E-state index in [1.54, 1.807) is 12.1 Å². The summed E-state index contributed by atoms with van der Waals surface area (Å²) in [6, 6.07) is 9.74. The van der Waals surface area contributed by atoms with Crippen LogP contribution in [0.3, 0.4) is 0 Å². The van der Waals surface area contributed by atoms with E-state index in [0.29, 0.717) is 25.6 Å². The molecule has 0 atom stereocenters. The van der Waals surface area contributed by atoms with Crippen molar-refractivity contribution >= 4 is 73.9 Å². The summed E-state index contributed by atoms with van der Waals surface area (Å²) in [5.74, 6) is -0.502. The SMILES string of the molecule is Cc1ccc2c(Cl)c(C(=O)NNC(=O)Nc3ccc(Cl)c(Cl)c3)sc2c1. The van der Waals surface area contributed by atoms with Gasteiger partial charge in [-0.3, -0.25) is 10.2 Å². The number of hydrogen-bond donors (Lipinski definition) is 3. The number of carbonyl (C=O) groups excluding carboxylic acids is 2. The third-order valence-electron chi connectivity index (χ3n) is 3.46. The molecule has 3 amide bonds. The lowest BCUT2D eigenvalue weighted by molar-refractivity contribution is 0.0942. The lowest BCUT2D eigenvalue weighted by atomic mass is 10.2. The summed E-state index contributed by atoms with van der Waals surface area (Å²) >= 11 is 19.2. The summed E-state index contributed by atoms with van der Waals surface area (Å²) in [5, 5.41) is 4.36. The van der Waals surface area contributed by atoms with Crippen LogP contribution in [-0.2, 0) is 0 Å². The van der Waals surface area contributed by atoms with Gasteiger partial charge in [0, 0.05) is 15.8 Å². The van der Waals surface area contributed by atoms with Crippen molar-refractivity contribution in [1.82, 2.24) is 10.9 Å². The van der Waals surface area contributed by atoms with Crippen molar-refractivity contribution in [3.05, 3.63) is 61.9 Å². The van der Waals surface area contributed by atoms with E-state index in [2.05, 4.69) is 16.2 Å². The van der Waals surface area contributed by atoms with E-state index >= 15 is 0 Å². The summed E-state index contributed by atoms with van der Waals surface area (Å²) in [6.45, 7) is 1.96. The molecule has 3 N–H and O–H groups in total. The van der Waals surface area contributed by atoms with E-state index in [1.165, 1.54) is 17.4 Å². The van der Waals surface area contributed by atoms with Gasteiger partial charge in [0.2, 0.25) is 0 Å². The number of benzene rings is 2. The maximum atomic E-state index is 12.3. The smallest absolute Gasteiger partial charge is 0.307 e. The van der Waals surface area contributed by atoms with Crippen LogP contribution in [0.2, 0.25) is 15.1 Å². The van der Waals surface area contributed by atoms with Gasteiger partial charge in [0.1, 0.15) is 4.88 Å². The second-order valence-corrected chi connectivity index (χ2v) is 7.65. The van der Waals surface area contributed by atoms with Crippen LogP contribution in [0.15, 0.2) is 36.4 Å². The molecule has 1 aromatic heterocycles. The Morgan fingerprint density at radius 2 is 1.73 bits per heavy atom. The van der Waals surface area contributed by atoms with Crippen molar-refractivity contribution in [1.29, 1.82) is 0 Å². The molecule has 0 aliphatic carbocycles. The number of hydrogen-bond acceptors (Lipinski definition) is 3. The van der Waals surface area contributed by atoms with E-state index in [-0.39, 0.29) is 0 Å². The van der Waals surface area contributed by atoms with E-state index in [1.807, 2.05) is 25.1 Å². The number of hydrazine groups is 1. The van der Waals surface area contributed by atoms with Crippen LogP contribution in [-0.4, -0.2) is 11.9 Å². The molecule has 0 saturated carbocycles. The molecule has 5 nitrogen and oxygen atoms in total. The fourth-order valence-electron chi connectivity index (χ4n) is 2.22. The summed E-state index contributed by atoms with van der Waals surface area (Å²) in [5.41, 5.74) is 6.10. The van der Waals surface area contributed by atoms with Crippen LogP contribution in [0, 0.1) is 6.92 Å². The summed E-state index contributed by atoms with van der Waals surface area (Å²) in [6.07, 6.45) is 0. The van der Waals surface area contributed by atoms with Crippen LogP contribution in [0.5, 0.6) is 0 Å². The van der Waals surface area contributed by atoms with Crippen molar-refractivity contribution < 1.29 is 9.59 Å². The predicted octanol–water partition coefficient (Wildman–Crippen LogP) is 5.64. The Kier molecular flexibility index (Phi) is 5.58. The Morgan fingerprint density at radius 1 is 0.962 bits per heavy atom. The van der Waals surface area contributed by atoms with Crippen LogP contribution in [0.25, 0.3) is 10.1 Å².